The van der Waals surface area contributed by atoms with Gasteiger partial charge in [-0.3, -0.25) is 9.36 Å². The Kier molecular flexibility index (Phi) is 5.91. The second-order valence-electron chi connectivity index (χ2n) is 7.61. The fourth-order valence-electron chi connectivity index (χ4n) is 3.36. The summed E-state index contributed by atoms with van der Waals surface area (Å²) in [6.07, 6.45) is 2.27. The van der Waals surface area contributed by atoms with Gasteiger partial charge in [0.25, 0.3) is 0 Å². The molecule has 2 aromatic carbocycles. The highest BCUT2D eigenvalue weighted by Crippen LogP contribution is 2.41. The molecule has 1 aliphatic rings. The van der Waals surface area contributed by atoms with E-state index in [0.29, 0.717) is 11.7 Å². The van der Waals surface area contributed by atoms with Crippen LogP contribution in [0.5, 0.6) is 0 Å². The third-order valence-corrected chi connectivity index (χ3v) is 6.72. The number of hydrogen-bond acceptors (Lipinski definition) is 7. The van der Waals surface area contributed by atoms with E-state index in [1.807, 2.05) is 54.6 Å². The fraction of sp³-hybridized carbons (Fsp3) is 0.217. The molecule has 0 aliphatic heterocycles. The molecular formula is C23H22N6OS2. The number of carbonyl (C=O) groups excluding carboxylic acids is 1. The Bertz CT molecular complexity index is 1230. The standard InChI is InChI=1S/C23H22N6OS2/c1-15(30)24-18-8-5-9-20(12-18)29-21(16-10-11-16)27-28-23(29)32-14-19-13-31-22(26-19)25-17-6-3-2-4-7-17/h2-9,12-13,16H,10-11,14H2,1H3,(H,24,30)(H,25,26). The smallest absolute Gasteiger partial charge is 0.221 e. The normalized spacial score (nSPS) is 13.2. The highest BCUT2D eigenvalue weighted by Gasteiger charge is 2.31. The molecule has 1 amide bonds. The summed E-state index contributed by atoms with van der Waals surface area (Å²) in [5.74, 6) is 2.03. The maximum Gasteiger partial charge on any atom is 0.221 e. The minimum Gasteiger partial charge on any atom is -0.332 e. The van der Waals surface area contributed by atoms with Gasteiger partial charge in [-0.05, 0) is 43.2 Å². The molecule has 7 nitrogen and oxygen atoms in total. The van der Waals surface area contributed by atoms with Crippen molar-refractivity contribution in [3.05, 3.63) is 71.5 Å². The van der Waals surface area contributed by atoms with Crippen LogP contribution in [0, 0.1) is 0 Å². The maximum absolute atomic E-state index is 11.5. The zero-order valence-corrected chi connectivity index (χ0v) is 19.1. The highest BCUT2D eigenvalue weighted by molar-refractivity contribution is 7.98. The average Bonchev–Trinajstić information content (AvgIpc) is 3.39. The van der Waals surface area contributed by atoms with Crippen LogP contribution in [0.1, 0.15) is 37.2 Å². The van der Waals surface area contributed by atoms with Gasteiger partial charge in [0.2, 0.25) is 5.91 Å². The molecular weight excluding hydrogens is 440 g/mol. The van der Waals surface area contributed by atoms with Crippen molar-refractivity contribution in [2.75, 3.05) is 10.6 Å². The Labute approximate surface area is 194 Å². The second kappa shape index (κ2) is 9.13. The molecule has 0 unspecified atom stereocenters. The molecule has 0 atom stereocenters. The molecule has 0 saturated heterocycles. The van der Waals surface area contributed by atoms with E-state index in [9.17, 15) is 4.79 Å². The van der Waals surface area contributed by atoms with Gasteiger partial charge in [-0.15, -0.1) is 21.5 Å². The second-order valence-corrected chi connectivity index (χ2v) is 9.41. The monoisotopic (exact) mass is 462 g/mol. The SMILES string of the molecule is CC(=O)Nc1cccc(-n2c(SCc3csc(Nc4ccccc4)n3)nnc2C2CC2)c1. The predicted molar refractivity (Wildman–Crippen MR) is 129 cm³/mol. The molecule has 162 valence electrons. The number of thiazole rings is 1. The van der Waals surface area contributed by atoms with E-state index in [1.165, 1.54) is 6.92 Å². The molecule has 0 bridgehead atoms. The number of thioether (sulfide) groups is 1. The van der Waals surface area contributed by atoms with Crippen LogP contribution in [-0.4, -0.2) is 25.7 Å². The van der Waals surface area contributed by atoms with Crippen molar-refractivity contribution >= 4 is 45.5 Å². The van der Waals surface area contributed by atoms with Crippen molar-refractivity contribution in [1.29, 1.82) is 0 Å². The lowest BCUT2D eigenvalue weighted by Gasteiger charge is -2.11. The average molecular weight is 463 g/mol. The molecule has 5 rings (SSSR count). The Balaban J connectivity index is 1.35. The summed E-state index contributed by atoms with van der Waals surface area (Å²) < 4.78 is 2.11. The van der Waals surface area contributed by atoms with E-state index < -0.39 is 0 Å². The number of anilines is 3. The Morgan fingerprint density at radius 2 is 1.94 bits per heavy atom. The van der Waals surface area contributed by atoms with Crippen molar-refractivity contribution in [3.8, 4) is 5.69 Å². The van der Waals surface area contributed by atoms with Crippen LogP contribution >= 0.6 is 23.1 Å². The number of hydrogen-bond donors (Lipinski definition) is 2. The minimum atomic E-state index is -0.0913. The van der Waals surface area contributed by atoms with Crippen LogP contribution in [0.3, 0.4) is 0 Å². The lowest BCUT2D eigenvalue weighted by atomic mass is 10.2. The summed E-state index contributed by atoms with van der Waals surface area (Å²) in [4.78, 5) is 16.2. The van der Waals surface area contributed by atoms with E-state index in [-0.39, 0.29) is 5.91 Å². The van der Waals surface area contributed by atoms with E-state index in [1.54, 1.807) is 23.1 Å². The van der Waals surface area contributed by atoms with Gasteiger partial charge in [-0.2, -0.15) is 0 Å². The van der Waals surface area contributed by atoms with Gasteiger partial charge in [0.15, 0.2) is 10.3 Å². The van der Waals surface area contributed by atoms with E-state index in [4.69, 9.17) is 4.98 Å². The van der Waals surface area contributed by atoms with Crippen LogP contribution < -0.4 is 10.6 Å². The Morgan fingerprint density at radius 1 is 1.12 bits per heavy atom. The van der Waals surface area contributed by atoms with Crippen molar-refractivity contribution in [2.45, 2.75) is 36.6 Å². The highest BCUT2D eigenvalue weighted by atomic mass is 32.2. The number of benzene rings is 2. The largest absolute Gasteiger partial charge is 0.332 e. The zero-order chi connectivity index (χ0) is 21.9. The molecule has 4 aromatic rings. The Morgan fingerprint density at radius 3 is 2.72 bits per heavy atom. The van der Waals surface area contributed by atoms with Crippen LogP contribution in [0.15, 0.2) is 65.1 Å². The summed E-state index contributed by atoms with van der Waals surface area (Å²) in [5.41, 5.74) is 3.73. The van der Waals surface area contributed by atoms with Gasteiger partial charge in [0.1, 0.15) is 5.82 Å². The first kappa shape index (κ1) is 20.7. The molecule has 2 N–H and O–H groups in total. The first-order valence-corrected chi connectivity index (χ1v) is 12.2. The number of aromatic nitrogens is 4. The molecule has 1 aliphatic carbocycles. The van der Waals surface area contributed by atoms with Crippen molar-refractivity contribution in [2.24, 2.45) is 0 Å². The van der Waals surface area contributed by atoms with Crippen molar-refractivity contribution in [3.63, 3.8) is 0 Å². The summed E-state index contributed by atoms with van der Waals surface area (Å²) in [7, 11) is 0. The van der Waals surface area contributed by atoms with E-state index >= 15 is 0 Å². The van der Waals surface area contributed by atoms with Crippen LogP contribution in [-0.2, 0) is 10.5 Å². The molecule has 1 saturated carbocycles. The number of nitrogens with one attached hydrogen (secondary N) is 2. The maximum atomic E-state index is 11.5. The van der Waals surface area contributed by atoms with Gasteiger partial charge in [-0.1, -0.05) is 36.0 Å². The first-order valence-electron chi connectivity index (χ1n) is 10.4. The lowest BCUT2D eigenvalue weighted by Crippen LogP contribution is -2.07. The summed E-state index contributed by atoms with van der Waals surface area (Å²) in [5, 5.41) is 18.9. The van der Waals surface area contributed by atoms with Gasteiger partial charge in [-0.25, -0.2) is 4.98 Å². The number of para-hydroxylation sites is 1. The van der Waals surface area contributed by atoms with Crippen LogP contribution in [0.2, 0.25) is 0 Å². The van der Waals surface area contributed by atoms with Gasteiger partial charge < -0.3 is 10.6 Å². The zero-order valence-electron chi connectivity index (χ0n) is 17.5. The summed E-state index contributed by atoms with van der Waals surface area (Å²) >= 11 is 3.21. The Hall–Kier alpha value is -3.17. The number of carbonyl (C=O) groups is 1. The minimum absolute atomic E-state index is 0.0913. The van der Waals surface area contributed by atoms with Crippen LogP contribution in [0.4, 0.5) is 16.5 Å². The number of amides is 1. The van der Waals surface area contributed by atoms with Gasteiger partial charge >= 0.3 is 0 Å². The van der Waals surface area contributed by atoms with E-state index in [0.717, 1.165) is 51.7 Å². The van der Waals surface area contributed by atoms with Gasteiger partial charge in [0, 0.05) is 35.3 Å². The molecule has 9 heteroatoms. The third kappa shape index (κ3) is 4.84. The summed E-state index contributed by atoms with van der Waals surface area (Å²) in [6.45, 7) is 1.51. The van der Waals surface area contributed by atoms with Crippen LogP contribution in [0.25, 0.3) is 5.69 Å². The summed E-state index contributed by atoms with van der Waals surface area (Å²) in [6, 6.07) is 17.8. The third-order valence-electron chi connectivity index (χ3n) is 4.95. The van der Waals surface area contributed by atoms with E-state index in [2.05, 4.69) is 30.8 Å². The predicted octanol–water partition coefficient (Wildman–Crippen LogP) is 5.60. The lowest BCUT2D eigenvalue weighted by molar-refractivity contribution is -0.114. The topological polar surface area (TPSA) is 84.7 Å². The molecule has 1 fully saturated rings. The molecule has 32 heavy (non-hydrogen) atoms. The van der Waals surface area contributed by atoms with Crippen molar-refractivity contribution < 1.29 is 4.79 Å². The van der Waals surface area contributed by atoms with Crippen molar-refractivity contribution in [1.82, 2.24) is 19.7 Å². The molecule has 2 heterocycles. The quantitative estimate of drug-likeness (QED) is 0.332. The van der Waals surface area contributed by atoms with Gasteiger partial charge in [0.05, 0.1) is 11.4 Å². The number of nitrogens with zero attached hydrogens (tertiary/aromatic N) is 4. The first-order chi connectivity index (χ1) is 15.7. The number of rotatable bonds is 8. The molecule has 0 radical (unpaired) electrons. The molecule has 2 aromatic heterocycles. The fourth-order valence-corrected chi connectivity index (χ4v) is 5.05. The molecule has 0 spiro atoms.